The lowest BCUT2D eigenvalue weighted by molar-refractivity contribution is 0.291. The van der Waals surface area contributed by atoms with Crippen LogP contribution in [0.15, 0.2) is 48.8 Å². The topological polar surface area (TPSA) is 77.7 Å². The lowest BCUT2D eigenvalue weighted by atomic mass is 10.0. The van der Waals surface area contributed by atoms with Gasteiger partial charge in [0.2, 0.25) is 0 Å². The number of hydrogen-bond donors (Lipinski definition) is 0. The summed E-state index contributed by atoms with van der Waals surface area (Å²) >= 11 is 0. The molecule has 8 nitrogen and oxygen atoms in total. The largest absolute Gasteiger partial charge is 0.496 e. The van der Waals surface area contributed by atoms with Crippen LogP contribution in [0, 0.1) is 5.82 Å². The fraction of sp³-hybridized carbons (Fsp3) is 0.448. The van der Waals surface area contributed by atoms with E-state index in [2.05, 4.69) is 48.7 Å². The van der Waals surface area contributed by atoms with Crippen molar-refractivity contribution in [3.05, 3.63) is 65.9 Å². The molecule has 1 aliphatic rings. The fourth-order valence-electron chi connectivity index (χ4n) is 4.79. The fourth-order valence-corrected chi connectivity index (χ4v) is 5.83. The van der Waals surface area contributed by atoms with Crippen LogP contribution >= 0.6 is 0 Å². The number of methoxy groups -OCH3 is 1. The highest BCUT2D eigenvalue weighted by Gasteiger charge is 2.37. The predicted octanol–water partition coefficient (Wildman–Crippen LogP) is 6.24. The lowest BCUT2D eigenvalue weighted by Gasteiger charge is -2.36. The Morgan fingerprint density at radius 3 is 2.69 bits per heavy atom. The minimum Gasteiger partial charge on any atom is -0.496 e. The van der Waals surface area contributed by atoms with Crippen molar-refractivity contribution in [2.24, 2.45) is 0 Å². The van der Waals surface area contributed by atoms with E-state index < -0.39 is 8.32 Å². The van der Waals surface area contributed by atoms with E-state index in [1.165, 1.54) is 6.07 Å². The molecule has 0 saturated carbocycles. The molecule has 0 spiro atoms. The van der Waals surface area contributed by atoms with Gasteiger partial charge in [0, 0.05) is 37.0 Å². The van der Waals surface area contributed by atoms with E-state index in [1.54, 1.807) is 36.2 Å². The molecule has 1 aromatic carbocycles. The van der Waals surface area contributed by atoms with Crippen molar-refractivity contribution in [1.29, 1.82) is 0 Å². The van der Waals surface area contributed by atoms with Gasteiger partial charge in [0.1, 0.15) is 23.1 Å². The summed E-state index contributed by atoms with van der Waals surface area (Å²) < 4.78 is 27.9. The average molecular weight is 549 g/mol. The van der Waals surface area contributed by atoms with Crippen LogP contribution in [-0.4, -0.2) is 53.1 Å². The summed E-state index contributed by atoms with van der Waals surface area (Å²) in [4.78, 5) is 16.1. The maximum Gasteiger partial charge on any atom is 0.191 e. The van der Waals surface area contributed by atoms with Crippen LogP contribution in [0.5, 0.6) is 5.75 Å². The first kappa shape index (κ1) is 27.2. The Bertz CT molecular complexity index is 1470. The number of benzene rings is 1. The van der Waals surface area contributed by atoms with E-state index in [4.69, 9.17) is 19.2 Å². The number of fused-ring (bicyclic) bond motifs is 1. The van der Waals surface area contributed by atoms with Gasteiger partial charge in [-0.05, 0) is 67.4 Å². The lowest BCUT2D eigenvalue weighted by Crippen LogP contribution is -2.41. The number of rotatable bonds is 8. The highest BCUT2D eigenvalue weighted by molar-refractivity contribution is 6.74. The van der Waals surface area contributed by atoms with Gasteiger partial charge in [0.15, 0.2) is 19.8 Å². The Balaban J connectivity index is 1.41. The van der Waals surface area contributed by atoms with E-state index in [-0.39, 0.29) is 16.9 Å². The Morgan fingerprint density at radius 2 is 1.92 bits per heavy atom. The SMILES string of the molecule is COc1ccc(F)cc1[C@H]1CCCN1c1ccc2ncc(-c3nccc(CCO[Si](C)(C)C(C)(C)C)n3)n2n1. The summed E-state index contributed by atoms with van der Waals surface area (Å²) in [7, 11) is -0.205. The third kappa shape index (κ3) is 5.53. The molecule has 1 aliphatic heterocycles. The Morgan fingerprint density at radius 1 is 1.10 bits per heavy atom. The number of halogens is 1. The molecule has 5 rings (SSSR count). The minimum absolute atomic E-state index is 0.0342. The number of nitrogens with zero attached hydrogens (tertiary/aromatic N) is 6. The van der Waals surface area contributed by atoms with E-state index >= 15 is 0 Å². The van der Waals surface area contributed by atoms with Gasteiger partial charge in [0.05, 0.1) is 19.3 Å². The molecule has 4 heterocycles. The zero-order valence-electron chi connectivity index (χ0n) is 23.6. The van der Waals surface area contributed by atoms with Gasteiger partial charge in [-0.3, -0.25) is 0 Å². The molecule has 1 saturated heterocycles. The summed E-state index contributed by atoms with van der Waals surface area (Å²) in [5.41, 5.74) is 3.18. The van der Waals surface area contributed by atoms with E-state index in [0.29, 0.717) is 30.2 Å². The molecule has 0 radical (unpaired) electrons. The molecule has 0 amide bonds. The van der Waals surface area contributed by atoms with E-state index in [1.807, 2.05) is 18.2 Å². The zero-order chi connectivity index (χ0) is 27.8. The quantitative estimate of drug-likeness (QED) is 0.241. The molecule has 0 bridgehead atoms. The van der Waals surface area contributed by atoms with Crippen molar-refractivity contribution in [3.8, 4) is 17.3 Å². The molecule has 206 valence electrons. The molecule has 10 heteroatoms. The Labute approximate surface area is 230 Å². The molecule has 4 aromatic rings. The summed E-state index contributed by atoms with van der Waals surface area (Å²) in [6.07, 6.45) is 6.11. The molecule has 1 fully saturated rings. The van der Waals surface area contributed by atoms with Crippen LogP contribution in [0.4, 0.5) is 10.2 Å². The van der Waals surface area contributed by atoms with Gasteiger partial charge in [0.25, 0.3) is 0 Å². The summed E-state index contributed by atoms with van der Waals surface area (Å²) in [5.74, 6) is 1.77. The zero-order valence-corrected chi connectivity index (χ0v) is 24.6. The number of aromatic nitrogens is 5. The normalized spacial score (nSPS) is 16.3. The van der Waals surface area contributed by atoms with Crippen molar-refractivity contribution in [2.75, 3.05) is 25.2 Å². The van der Waals surface area contributed by atoms with Gasteiger partial charge in [-0.15, -0.1) is 5.10 Å². The molecule has 0 N–H and O–H groups in total. The van der Waals surface area contributed by atoms with Crippen LogP contribution in [0.25, 0.3) is 17.2 Å². The molecule has 1 atom stereocenters. The van der Waals surface area contributed by atoms with E-state index in [9.17, 15) is 4.39 Å². The highest BCUT2D eigenvalue weighted by Crippen LogP contribution is 2.40. The van der Waals surface area contributed by atoms with Crippen molar-refractivity contribution >= 4 is 19.8 Å². The number of ether oxygens (including phenoxy) is 1. The standard InChI is InChI=1S/C29H37FN6O2Si/c1-29(2,3)39(5,6)38-17-14-21-13-15-31-28(33-21)24-19-32-26-11-12-27(34-36(24)26)35-16-7-8-23(35)22-18-20(30)9-10-25(22)37-4/h9-13,15,18-19,23H,7-8,14,16-17H2,1-6H3/t23-/m1/s1. The third-order valence-electron chi connectivity index (χ3n) is 8.02. The molecular weight excluding hydrogens is 511 g/mol. The van der Waals surface area contributed by atoms with Crippen molar-refractivity contribution in [1.82, 2.24) is 24.6 Å². The second kappa shape index (κ2) is 10.7. The van der Waals surface area contributed by atoms with E-state index in [0.717, 1.165) is 42.2 Å². The van der Waals surface area contributed by atoms with Crippen LogP contribution in [0.3, 0.4) is 0 Å². The first-order chi connectivity index (χ1) is 18.6. The second-order valence-corrected chi connectivity index (χ2v) is 16.4. The Hall–Kier alpha value is -3.37. The first-order valence-corrected chi connectivity index (χ1v) is 16.4. The maximum atomic E-state index is 14.2. The minimum atomic E-state index is -1.82. The number of hydrogen-bond acceptors (Lipinski definition) is 7. The highest BCUT2D eigenvalue weighted by atomic mass is 28.4. The number of imidazole rings is 1. The Kier molecular flexibility index (Phi) is 7.43. The molecule has 3 aromatic heterocycles. The third-order valence-corrected chi connectivity index (χ3v) is 12.6. The second-order valence-electron chi connectivity index (χ2n) is 11.6. The van der Waals surface area contributed by atoms with Gasteiger partial charge in [-0.25, -0.2) is 23.9 Å². The molecule has 0 aliphatic carbocycles. The summed E-state index contributed by atoms with van der Waals surface area (Å²) in [6, 6.07) is 10.5. The predicted molar refractivity (Wildman–Crippen MR) is 153 cm³/mol. The summed E-state index contributed by atoms with van der Waals surface area (Å²) in [6.45, 7) is 12.7. The number of anilines is 1. The molecule has 39 heavy (non-hydrogen) atoms. The van der Waals surface area contributed by atoms with Crippen LogP contribution in [0.1, 0.15) is 50.9 Å². The van der Waals surface area contributed by atoms with Gasteiger partial charge in [-0.2, -0.15) is 0 Å². The van der Waals surface area contributed by atoms with Crippen LogP contribution in [0.2, 0.25) is 18.1 Å². The van der Waals surface area contributed by atoms with Crippen LogP contribution < -0.4 is 9.64 Å². The average Bonchev–Trinajstić information content (AvgIpc) is 3.55. The first-order valence-electron chi connectivity index (χ1n) is 13.5. The van der Waals surface area contributed by atoms with Gasteiger partial charge < -0.3 is 14.1 Å². The monoisotopic (exact) mass is 548 g/mol. The maximum absolute atomic E-state index is 14.2. The van der Waals surface area contributed by atoms with Gasteiger partial charge >= 0.3 is 0 Å². The summed E-state index contributed by atoms with van der Waals surface area (Å²) in [5, 5.41) is 5.11. The molecule has 0 unspecified atom stereocenters. The van der Waals surface area contributed by atoms with Crippen molar-refractivity contribution in [2.45, 2.75) is 64.2 Å². The van der Waals surface area contributed by atoms with Gasteiger partial charge in [-0.1, -0.05) is 20.8 Å². The van der Waals surface area contributed by atoms with Crippen LogP contribution in [-0.2, 0) is 10.8 Å². The molecular formula is C29H37FN6O2Si. The van der Waals surface area contributed by atoms with Crippen molar-refractivity contribution < 1.29 is 13.6 Å². The smallest absolute Gasteiger partial charge is 0.191 e. The van der Waals surface area contributed by atoms with Crippen molar-refractivity contribution in [3.63, 3.8) is 0 Å².